The molecule has 0 saturated carbocycles. The van der Waals surface area contributed by atoms with E-state index < -0.39 is 6.67 Å². The Balaban J connectivity index is 0.00000116. The molecular formula is C31H51FN6O. The Morgan fingerprint density at radius 1 is 1.26 bits per heavy atom. The average Bonchev–Trinajstić information content (AvgIpc) is 3.41. The second-order valence-corrected chi connectivity index (χ2v) is 9.36. The van der Waals surface area contributed by atoms with Gasteiger partial charge in [-0.05, 0) is 57.7 Å². The third-order valence-corrected chi connectivity index (χ3v) is 6.37. The van der Waals surface area contributed by atoms with Crippen molar-refractivity contribution in [3.05, 3.63) is 53.0 Å². The van der Waals surface area contributed by atoms with Gasteiger partial charge < -0.3 is 15.0 Å². The molecule has 0 amide bonds. The van der Waals surface area contributed by atoms with Crippen molar-refractivity contribution in [2.24, 2.45) is 4.99 Å². The molecule has 218 valence electrons. The molecule has 2 aromatic heterocycles. The third kappa shape index (κ3) is 9.31. The maximum absolute atomic E-state index is 13.2. The summed E-state index contributed by atoms with van der Waals surface area (Å²) in [7, 11) is 3.67. The summed E-state index contributed by atoms with van der Waals surface area (Å²) in [6, 6.07) is 4.21. The maximum atomic E-state index is 13.2. The van der Waals surface area contributed by atoms with Crippen LogP contribution in [0.5, 0.6) is 0 Å². The number of unbranched alkanes of at least 4 members (excludes halogenated alkanes) is 1. The zero-order valence-corrected chi connectivity index (χ0v) is 25.9. The second kappa shape index (κ2) is 18.3. The van der Waals surface area contributed by atoms with Crippen molar-refractivity contribution < 1.29 is 9.13 Å². The Morgan fingerprint density at radius 3 is 2.49 bits per heavy atom. The quantitative estimate of drug-likeness (QED) is 0.280. The monoisotopic (exact) mass is 542 g/mol. The molecule has 0 bridgehead atoms. The number of nitrogens with one attached hydrogen (secondary N) is 1. The van der Waals surface area contributed by atoms with E-state index >= 15 is 0 Å². The van der Waals surface area contributed by atoms with Crippen LogP contribution in [0.25, 0.3) is 11.3 Å². The SMILES string of the molecule is CC.CCCC.CN=C(C(/C=C\NC)=C(C)C)c1nc(N2CCOC[C@H]2C)cc(-c2ccnn2CCF)c1C. The predicted octanol–water partition coefficient (Wildman–Crippen LogP) is 6.77. The van der Waals surface area contributed by atoms with Gasteiger partial charge in [0.2, 0.25) is 0 Å². The number of allylic oxidation sites excluding steroid dienone is 3. The van der Waals surface area contributed by atoms with Gasteiger partial charge in [-0.25, -0.2) is 9.37 Å². The van der Waals surface area contributed by atoms with Crippen molar-refractivity contribution in [1.82, 2.24) is 20.1 Å². The lowest BCUT2D eigenvalue weighted by molar-refractivity contribution is 0.0985. The lowest BCUT2D eigenvalue weighted by atomic mass is 9.95. The van der Waals surface area contributed by atoms with Gasteiger partial charge in [-0.3, -0.25) is 9.67 Å². The lowest BCUT2D eigenvalue weighted by Crippen LogP contribution is -2.44. The van der Waals surface area contributed by atoms with Crippen molar-refractivity contribution in [2.45, 2.75) is 80.8 Å². The van der Waals surface area contributed by atoms with E-state index in [2.05, 4.69) is 61.0 Å². The van der Waals surface area contributed by atoms with Crippen molar-refractivity contribution >= 4 is 11.5 Å². The molecule has 0 unspecified atom stereocenters. The smallest absolute Gasteiger partial charge is 0.130 e. The number of nitrogens with zero attached hydrogens (tertiary/aromatic N) is 5. The normalized spacial score (nSPS) is 15.3. The van der Waals surface area contributed by atoms with E-state index in [0.29, 0.717) is 13.2 Å². The predicted molar refractivity (Wildman–Crippen MR) is 165 cm³/mol. The van der Waals surface area contributed by atoms with Crippen LogP contribution >= 0.6 is 0 Å². The molecular weight excluding hydrogens is 491 g/mol. The van der Waals surface area contributed by atoms with Gasteiger partial charge in [0.15, 0.2) is 0 Å². The van der Waals surface area contributed by atoms with Crippen LogP contribution < -0.4 is 10.2 Å². The highest BCUT2D eigenvalue weighted by Crippen LogP contribution is 2.32. The van der Waals surface area contributed by atoms with Gasteiger partial charge in [0.25, 0.3) is 0 Å². The maximum Gasteiger partial charge on any atom is 0.130 e. The molecule has 3 rings (SSSR count). The Morgan fingerprint density at radius 2 is 1.95 bits per heavy atom. The number of hydrogen-bond donors (Lipinski definition) is 1. The highest BCUT2D eigenvalue weighted by molar-refractivity contribution is 6.15. The van der Waals surface area contributed by atoms with Crippen LogP contribution in [0, 0.1) is 6.92 Å². The number of ether oxygens (including phenoxy) is 1. The first-order valence-corrected chi connectivity index (χ1v) is 14.3. The molecule has 3 heterocycles. The fraction of sp³-hybridized carbons (Fsp3) is 0.581. The molecule has 1 aliphatic rings. The van der Waals surface area contributed by atoms with Crippen LogP contribution in [-0.2, 0) is 11.3 Å². The van der Waals surface area contributed by atoms with Crippen LogP contribution in [0.15, 0.2) is 46.7 Å². The summed E-state index contributed by atoms with van der Waals surface area (Å²) in [6.07, 6.45) is 8.28. The molecule has 1 fully saturated rings. The molecule has 1 N–H and O–H groups in total. The number of morpholine rings is 1. The van der Waals surface area contributed by atoms with Gasteiger partial charge in [-0.2, -0.15) is 5.10 Å². The molecule has 1 atom stereocenters. The van der Waals surface area contributed by atoms with Crippen LogP contribution in [-0.4, -0.2) is 67.0 Å². The van der Waals surface area contributed by atoms with Gasteiger partial charge in [0.1, 0.15) is 12.5 Å². The topological polar surface area (TPSA) is 67.6 Å². The van der Waals surface area contributed by atoms with Crippen LogP contribution in [0.3, 0.4) is 0 Å². The van der Waals surface area contributed by atoms with E-state index in [-0.39, 0.29) is 12.6 Å². The molecule has 7 nitrogen and oxygen atoms in total. The first kappa shape index (κ1) is 34.0. The lowest BCUT2D eigenvalue weighted by Gasteiger charge is -2.35. The largest absolute Gasteiger partial charge is 0.394 e. The number of alkyl halides is 1. The number of pyridine rings is 1. The van der Waals surface area contributed by atoms with Crippen LogP contribution in [0.1, 0.15) is 72.6 Å². The highest BCUT2D eigenvalue weighted by atomic mass is 19.1. The fourth-order valence-electron chi connectivity index (χ4n) is 4.13. The van der Waals surface area contributed by atoms with E-state index in [1.807, 2.05) is 46.2 Å². The summed E-state index contributed by atoms with van der Waals surface area (Å²) in [5.74, 6) is 0.862. The zero-order chi connectivity index (χ0) is 29.4. The Kier molecular flexibility index (Phi) is 16.0. The van der Waals surface area contributed by atoms with E-state index in [1.54, 1.807) is 17.9 Å². The van der Waals surface area contributed by atoms with E-state index in [9.17, 15) is 4.39 Å². The number of rotatable bonds is 9. The summed E-state index contributed by atoms with van der Waals surface area (Å²) in [4.78, 5) is 12.1. The number of halogens is 1. The van der Waals surface area contributed by atoms with Crippen LogP contribution in [0.2, 0.25) is 0 Å². The zero-order valence-electron chi connectivity index (χ0n) is 25.9. The third-order valence-electron chi connectivity index (χ3n) is 6.37. The van der Waals surface area contributed by atoms with Gasteiger partial charge in [0.05, 0.1) is 42.9 Å². The number of aliphatic imine (C=N–C) groups is 1. The highest BCUT2D eigenvalue weighted by Gasteiger charge is 2.25. The fourth-order valence-corrected chi connectivity index (χ4v) is 4.13. The van der Waals surface area contributed by atoms with Crippen molar-refractivity contribution in [2.75, 3.05) is 45.4 Å². The molecule has 1 aliphatic heterocycles. The van der Waals surface area contributed by atoms with Crippen molar-refractivity contribution in [3.63, 3.8) is 0 Å². The molecule has 8 heteroatoms. The summed E-state index contributed by atoms with van der Waals surface area (Å²) in [5.41, 5.74) is 6.61. The summed E-state index contributed by atoms with van der Waals surface area (Å²) in [6.45, 7) is 18.5. The minimum absolute atomic E-state index is 0.194. The Labute approximate surface area is 236 Å². The van der Waals surface area contributed by atoms with Crippen molar-refractivity contribution in [1.29, 1.82) is 0 Å². The standard InChI is InChI=1S/C25H35FN6O.C4H10.C2H6/c1-17(2)20(7-10-27-5)25(28-6)24-19(4)21(22-8-11-29-32(22)12-9-26)15-23(30-24)31-13-14-33-16-18(31)3;1-3-4-2;1-2/h7-8,10-11,15,18,27H,9,12-14,16H2,1-6H3;3-4H2,1-2H3;1-2H3/b10-7-,28-25?;;/t18-;;/m1../s1. The molecule has 0 aliphatic carbocycles. The number of anilines is 1. The molecule has 39 heavy (non-hydrogen) atoms. The minimum Gasteiger partial charge on any atom is -0.394 e. The van der Waals surface area contributed by atoms with Gasteiger partial charge >= 0.3 is 0 Å². The molecule has 1 saturated heterocycles. The summed E-state index contributed by atoms with van der Waals surface area (Å²) in [5, 5.41) is 7.41. The second-order valence-electron chi connectivity index (χ2n) is 9.36. The van der Waals surface area contributed by atoms with Gasteiger partial charge in [-0.1, -0.05) is 46.1 Å². The number of aryl methyl sites for hydroxylation is 1. The van der Waals surface area contributed by atoms with E-state index in [1.165, 1.54) is 12.8 Å². The van der Waals surface area contributed by atoms with Crippen molar-refractivity contribution in [3.8, 4) is 11.3 Å². The number of aromatic nitrogens is 3. The van der Waals surface area contributed by atoms with Gasteiger partial charge in [-0.15, -0.1) is 0 Å². The first-order chi connectivity index (χ1) is 18.8. The summed E-state index contributed by atoms with van der Waals surface area (Å²) >= 11 is 0. The minimum atomic E-state index is -0.475. The first-order valence-electron chi connectivity index (χ1n) is 14.3. The average molecular weight is 543 g/mol. The molecule has 0 aromatic carbocycles. The summed E-state index contributed by atoms with van der Waals surface area (Å²) < 4.78 is 20.6. The van der Waals surface area contributed by atoms with E-state index in [4.69, 9.17) is 9.72 Å². The Bertz CT molecular complexity index is 1080. The van der Waals surface area contributed by atoms with Crippen LogP contribution in [0.4, 0.5) is 10.2 Å². The van der Waals surface area contributed by atoms with E-state index in [0.717, 1.165) is 51.7 Å². The van der Waals surface area contributed by atoms with Gasteiger partial charge in [0, 0.05) is 38.0 Å². The Hall–Kier alpha value is -3.00. The molecule has 0 radical (unpaired) electrons. The number of hydrogen-bond acceptors (Lipinski definition) is 6. The molecule has 2 aromatic rings. The molecule has 0 spiro atoms.